The van der Waals surface area contributed by atoms with Crippen LogP contribution >= 0.6 is 0 Å². The molecule has 1 amide bonds. The molecule has 2 N–H and O–H groups in total. The first-order valence-electron chi connectivity index (χ1n) is 7.89. The predicted octanol–water partition coefficient (Wildman–Crippen LogP) is 4.33. The summed E-state index contributed by atoms with van der Waals surface area (Å²) in [6.07, 6.45) is 0. The van der Waals surface area contributed by atoms with Crippen molar-refractivity contribution in [2.24, 2.45) is 0 Å². The molecule has 0 saturated heterocycles. The van der Waals surface area contributed by atoms with Crippen molar-refractivity contribution >= 4 is 16.8 Å². The molecule has 0 bridgehead atoms. The van der Waals surface area contributed by atoms with Crippen LogP contribution in [0.2, 0.25) is 0 Å². The molecule has 0 fully saturated rings. The molecule has 3 rings (SSSR count). The van der Waals surface area contributed by atoms with Gasteiger partial charge in [-0.25, -0.2) is 0 Å². The maximum absolute atomic E-state index is 12.4. The number of fused-ring (bicyclic) bond motifs is 1. The van der Waals surface area contributed by atoms with Gasteiger partial charge in [-0.05, 0) is 62.6 Å². The van der Waals surface area contributed by atoms with Crippen molar-refractivity contribution in [2.75, 3.05) is 0 Å². The summed E-state index contributed by atoms with van der Waals surface area (Å²) in [5.74, 6) is -0.0201. The maximum atomic E-state index is 12.4. The fraction of sp³-hybridized carbons (Fsp3) is 0.250. The molecule has 0 radical (unpaired) electrons. The van der Waals surface area contributed by atoms with Gasteiger partial charge in [-0.15, -0.1) is 0 Å². The van der Waals surface area contributed by atoms with E-state index in [0.717, 1.165) is 27.8 Å². The molecule has 0 unspecified atom stereocenters. The van der Waals surface area contributed by atoms with E-state index in [9.17, 15) is 4.79 Å². The van der Waals surface area contributed by atoms with E-state index >= 15 is 0 Å². The highest BCUT2D eigenvalue weighted by molar-refractivity contribution is 5.95. The maximum Gasteiger partial charge on any atom is 0.251 e. The lowest BCUT2D eigenvalue weighted by Crippen LogP contribution is -2.23. The van der Waals surface area contributed by atoms with Crippen LogP contribution in [0.4, 0.5) is 0 Å². The van der Waals surface area contributed by atoms with E-state index in [0.29, 0.717) is 6.54 Å². The van der Waals surface area contributed by atoms with Crippen LogP contribution in [-0.4, -0.2) is 10.9 Å². The summed E-state index contributed by atoms with van der Waals surface area (Å²) in [5, 5.41) is 4.25. The van der Waals surface area contributed by atoms with Gasteiger partial charge in [0.25, 0.3) is 5.91 Å². The number of rotatable bonds is 3. The quantitative estimate of drug-likeness (QED) is 0.743. The van der Waals surface area contributed by atoms with Gasteiger partial charge in [0.2, 0.25) is 0 Å². The van der Waals surface area contributed by atoms with Crippen LogP contribution in [0, 0.1) is 27.7 Å². The van der Waals surface area contributed by atoms with Gasteiger partial charge < -0.3 is 10.3 Å². The normalized spacial score (nSPS) is 11.0. The van der Waals surface area contributed by atoms with E-state index in [1.807, 2.05) is 32.0 Å². The Morgan fingerprint density at radius 1 is 1.04 bits per heavy atom. The minimum absolute atomic E-state index is 0.0201. The second-order valence-corrected chi connectivity index (χ2v) is 6.26. The molecular weight excluding hydrogens is 284 g/mol. The van der Waals surface area contributed by atoms with Gasteiger partial charge in [0.05, 0.1) is 0 Å². The van der Waals surface area contributed by atoms with Crippen LogP contribution in [0.5, 0.6) is 0 Å². The average Bonchev–Trinajstić information content (AvgIpc) is 2.82. The van der Waals surface area contributed by atoms with Crippen LogP contribution in [-0.2, 0) is 6.54 Å². The minimum atomic E-state index is -0.0201. The fourth-order valence-electron chi connectivity index (χ4n) is 2.88. The number of hydrogen-bond acceptors (Lipinski definition) is 1. The van der Waals surface area contributed by atoms with Crippen LogP contribution < -0.4 is 5.32 Å². The molecule has 0 atom stereocenters. The standard InChI is InChI=1S/C20H22N2O/c1-12-5-6-13(2)17(9-12)20(23)21-11-16-7-8-19-18(10-16)14(3)15(4)22-19/h5-10,22H,11H2,1-4H3,(H,21,23). The zero-order valence-corrected chi connectivity index (χ0v) is 14.1. The lowest BCUT2D eigenvalue weighted by atomic mass is 10.0. The topological polar surface area (TPSA) is 44.9 Å². The molecule has 0 aliphatic heterocycles. The molecule has 3 heteroatoms. The fourth-order valence-corrected chi connectivity index (χ4v) is 2.88. The van der Waals surface area contributed by atoms with E-state index in [1.165, 1.54) is 16.6 Å². The summed E-state index contributed by atoms with van der Waals surface area (Å²) >= 11 is 0. The Bertz CT molecular complexity index is 890. The molecule has 0 aliphatic rings. The molecule has 0 saturated carbocycles. The highest BCUT2D eigenvalue weighted by Gasteiger charge is 2.10. The summed E-state index contributed by atoms with van der Waals surface area (Å²) < 4.78 is 0. The number of H-pyrrole nitrogens is 1. The van der Waals surface area contributed by atoms with Gasteiger partial charge in [-0.3, -0.25) is 4.79 Å². The molecule has 1 heterocycles. The van der Waals surface area contributed by atoms with Crippen molar-refractivity contribution < 1.29 is 4.79 Å². The van der Waals surface area contributed by atoms with Crippen molar-refractivity contribution in [1.29, 1.82) is 0 Å². The Balaban J connectivity index is 1.79. The van der Waals surface area contributed by atoms with Gasteiger partial charge in [0, 0.05) is 28.7 Å². The van der Waals surface area contributed by atoms with Crippen molar-refractivity contribution in [1.82, 2.24) is 10.3 Å². The summed E-state index contributed by atoms with van der Waals surface area (Å²) in [6.45, 7) is 8.70. The summed E-state index contributed by atoms with van der Waals surface area (Å²) in [6, 6.07) is 12.2. The molecule has 1 aromatic heterocycles. The second kappa shape index (κ2) is 5.92. The Kier molecular flexibility index (Phi) is 3.95. The third-order valence-electron chi connectivity index (χ3n) is 4.46. The summed E-state index contributed by atoms with van der Waals surface area (Å²) in [4.78, 5) is 15.8. The number of aromatic nitrogens is 1. The average molecular weight is 306 g/mol. The zero-order valence-electron chi connectivity index (χ0n) is 14.1. The summed E-state index contributed by atoms with van der Waals surface area (Å²) in [7, 11) is 0. The molecule has 3 aromatic rings. The number of benzene rings is 2. The first-order chi connectivity index (χ1) is 11.0. The lowest BCUT2D eigenvalue weighted by Gasteiger charge is -2.09. The van der Waals surface area contributed by atoms with Crippen molar-refractivity contribution in [2.45, 2.75) is 34.2 Å². The first kappa shape index (κ1) is 15.3. The van der Waals surface area contributed by atoms with E-state index in [-0.39, 0.29) is 5.91 Å². The molecule has 0 spiro atoms. The number of carbonyl (C=O) groups excluding carboxylic acids is 1. The molecule has 2 aromatic carbocycles. The lowest BCUT2D eigenvalue weighted by molar-refractivity contribution is 0.0950. The number of hydrogen-bond donors (Lipinski definition) is 2. The van der Waals surface area contributed by atoms with Crippen molar-refractivity contribution in [3.63, 3.8) is 0 Å². The Morgan fingerprint density at radius 2 is 1.83 bits per heavy atom. The molecule has 3 nitrogen and oxygen atoms in total. The highest BCUT2D eigenvalue weighted by atomic mass is 16.1. The van der Waals surface area contributed by atoms with E-state index in [4.69, 9.17) is 0 Å². The van der Waals surface area contributed by atoms with Gasteiger partial charge in [0.1, 0.15) is 0 Å². The minimum Gasteiger partial charge on any atom is -0.358 e. The molecule has 118 valence electrons. The summed E-state index contributed by atoms with van der Waals surface area (Å²) in [5.41, 5.74) is 7.56. The third kappa shape index (κ3) is 3.00. The van der Waals surface area contributed by atoms with Gasteiger partial charge in [0.15, 0.2) is 0 Å². The van der Waals surface area contributed by atoms with Crippen LogP contribution in [0.15, 0.2) is 36.4 Å². The zero-order chi connectivity index (χ0) is 16.6. The molecule has 0 aliphatic carbocycles. The second-order valence-electron chi connectivity index (χ2n) is 6.26. The van der Waals surface area contributed by atoms with Gasteiger partial charge in [-0.1, -0.05) is 23.8 Å². The van der Waals surface area contributed by atoms with Crippen LogP contribution in [0.1, 0.15) is 38.3 Å². The number of nitrogens with one attached hydrogen (secondary N) is 2. The van der Waals surface area contributed by atoms with Gasteiger partial charge >= 0.3 is 0 Å². The molecule has 23 heavy (non-hydrogen) atoms. The number of aryl methyl sites for hydroxylation is 4. The van der Waals surface area contributed by atoms with E-state index < -0.39 is 0 Å². The Labute approximate surface area is 136 Å². The smallest absolute Gasteiger partial charge is 0.251 e. The number of aromatic amines is 1. The number of carbonyl (C=O) groups is 1. The largest absolute Gasteiger partial charge is 0.358 e. The van der Waals surface area contributed by atoms with E-state index in [1.54, 1.807) is 0 Å². The first-order valence-corrected chi connectivity index (χ1v) is 7.89. The van der Waals surface area contributed by atoms with Crippen LogP contribution in [0.3, 0.4) is 0 Å². The van der Waals surface area contributed by atoms with Crippen molar-refractivity contribution in [3.8, 4) is 0 Å². The van der Waals surface area contributed by atoms with Crippen molar-refractivity contribution in [3.05, 3.63) is 69.9 Å². The van der Waals surface area contributed by atoms with E-state index in [2.05, 4.69) is 42.3 Å². The SMILES string of the molecule is Cc1ccc(C)c(C(=O)NCc2ccc3[nH]c(C)c(C)c3c2)c1. The molecular formula is C20H22N2O. The monoisotopic (exact) mass is 306 g/mol. The predicted molar refractivity (Wildman–Crippen MR) is 94.9 cm³/mol. The Hall–Kier alpha value is -2.55. The van der Waals surface area contributed by atoms with Crippen LogP contribution in [0.25, 0.3) is 10.9 Å². The third-order valence-corrected chi connectivity index (χ3v) is 4.46. The van der Waals surface area contributed by atoms with Gasteiger partial charge in [-0.2, -0.15) is 0 Å². The highest BCUT2D eigenvalue weighted by Crippen LogP contribution is 2.22. The number of amides is 1. The Morgan fingerprint density at radius 3 is 2.61 bits per heavy atom.